The van der Waals surface area contributed by atoms with Crippen molar-refractivity contribution < 1.29 is 20.1 Å². The number of allylic oxidation sites excluding steroid dienone is 3. The van der Waals surface area contributed by atoms with E-state index in [0.29, 0.717) is 30.3 Å². The number of nitrogens with two attached hydrogens (primary N) is 1. The second kappa shape index (κ2) is 16.6. The van der Waals surface area contributed by atoms with Gasteiger partial charge in [-0.3, -0.25) is 4.79 Å². The molecule has 0 heterocycles. The molecule has 8 atom stereocenters. The van der Waals surface area contributed by atoms with Crippen LogP contribution in [0.15, 0.2) is 90.5 Å². The van der Waals surface area contributed by atoms with Crippen LogP contribution < -0.4 is 16.2 Å². The summed E-state index contributed by atoms with van der Waals surface area (Å²) in [5.41, 5.74) is 11.8. The minimum Gasteiger partial charge on any atom is -0.511 e. The van der Waals surface area contributed by atoms with Crippen LogP contribution in [0, 0.1) is 35.5 Å². The fourth-order valence-corrected chi connectivity index (χ4v) is 11.9. The standard InChI is InChI=1S/C50H61NO4/c51-26-25-34-16-15-33(27-34)9-3-1-2-4-10-36-11-6-8-14-46(49(54)55)50-32-45-40(30-39-12-5-7-13-43(39)48(45)53)31-41(50)22-19-38-18-17-35(29-47(38)50)28-44(36)37-20-23-42(52)24-21-37/h5-8,12-13,17-18,20-21,23-24,27,29-30,33,36,40-41,44-46,52-53H,1-4,9-11,14-16,19,22,25-26,28,31-32,51H2,(H,54,55)/b8-6+/t33-,36+,40+,41+,44-,45-,46+,50-/m0/s1. The first-order chi connectivity index (χ1) is 26.8. The van der Waals surface area contributed by atoms with Crippen LogP contribution in [0.25, 0.3) is 11.8 Å². The summed E-state index contributed by atoms with van der Waals surface area (Å²) >= 11 is 0. The zero-order chi connectivity index (χ0) is 37.9. The number of aliphatic hydroxyl groups excluding tert-OH is 1. The Morgan fingerprint density at radius 3 is 2.45 bits per heavy atom. The summed E-state index contributed by atoms with van der Waals surface area (Å²) in [5.74, 6) is 1.18. The van der Waals surface area contributed by atoms with Crippen molar-refractivity contribution in [2.45, 2.75) is 114 Å². The number of hydrogen-bond donors (Lipinski definition) is 4. The topological polar surface area (TPSA) is 104 Å². The van der Waals surface area contributed by atoms with Crippen molar-refractivity contribution in [2.24, 2.45) is 41.2 Å². The predicted octanol–water partition coefficient (Wildman–Crippen LogP) is 9.40. The fourth-order valence-electron chi connectivity index (χ4n) is 11.9. The maximum atomic E-state index is 13.6. The van der Waals surface area contributed by atoms with Gasteiger partial charge in [0.2, 0.25) is 0 Å². The quantitative estimate of drug-likeness (QED) is 0.116. The molecule has 0 unspecified atom stereocenters. The van der Waals surface area contributed by atoms with Crippen molar-refractivity contribution in [2.75, 3.05) is 6.54 Å². The average Bonchev–Trinajstić information content (AvgIpc) is 3.64. The van der Waals surface area contributed by atoms with E-state index < -0.39 is 17.3 Å². The lowest BCUT2D eigenvalue weighted by molar-refractivity contribution is -0.147. The van der Waals surface area contributed by atoms with Crippen LogP contribution in [-0.2, 0) is 23.1 Å². The zero-order valence-electron chi connectivity index (χ0n) is 32.5. The van der Waals surface area contributed by atoms with Gasteiger partial charge in [-0.1, -0.05) is 110 Å². The molecule has 3 aromatic rings. The highest BCUT2D eigenvalue weighted by Gasteiger charge is 2.57. The van der Waals surface area contributed by atoms with Gasteiger partial charge < -0.3 is 21.1 Å². The Morgan fingerprint density at radius 1 is 0.836 bits per heavy atom. The lowest BCUT2D eigenvalue weighted by Crippen LogP contribution is -2.55. The maximum Gasteiger partial charge on any atom is 0.307 e. The Bertz CT molecular complexity index is 2030. The SMILES string of the molecule is NCCC1=C[C@@H](CCCCCC[C@@H]2C/C=C/C[C@H](C(=O)O)[C@]34C[C@@H]5C(O)=c6ccccc6=C[C@@H]5C[C@H]3CCc3ccc(cc34)C[C@@H]2c2ccc(O)cc2)CC1. The number of fused-ring (bicyclic) bond motifs is 3. The summed E-state index contributed by atoms with van der Waals surface area (Å²) in [4.78, 5) is 13.6. The zero-order valence-corrected chi connectivity index (χ0v) is 32.5. The molecular weight excluding hydrogens is 679 g/mol. The highest BCUT2D eigenvalue weighted by Crippen LogP contribution is 2.60. The number of unbranched alkanes of at least 4 members (excludes halogenated alkanes) is 3. The molecule has 0 amide bonds. The average molecular weight is 740 g/mol. The maximum absolute atomic E-state index is 13.6. The lowest BCUT2D eigenvalue weighted by atomic mass is 9.47. The monoisotopic (exact) mass is 739 g/mol. The molecule has 3 aromatic carbocycles. The van der Waals surface area contributed by atoms with Crippen molar-refractivity contribution in [3.63, 3.8) is 0 Å². The molecule has 5 aliphatic carbocycles. The van der Waals surface area contributed by atoms with Crippen molar-refractivity contribution in [1.82, 2.24) is 0 Å². The molecule has 0 aliphatic heterocycles. The second-order valence-corrected chi connectivity index (χ2v) is 17.8. The van der Waals surface area contributed by atoms with Crippen LogP contribution in [0.4, 0.5) is 0 Å². The molecule has 1 spiro atoms. The fraction of sp³-hybridized carbons (Fsp3) is 0.500. The highest BCUT2D eigenvalue weighted by molar-refractivity contribution is 5.74. The van der Waals surface area contributed by atoms with E-state index in [0.717, 1.165) is 67.8 Å². The van der Waals surface area contributed by atoms with Gasteiger partial charge in [0.1, 0.15) is 11.5 Å². The first kappa shape index (κ1) is 37.8. The number of hydrogen-bond acceptors (Lipinski definition) is 4. The van der Waals surface area contributed by atoms with E-state index in [4.69, 9.17) is 5.73 Å². The van der Waals surface area contributed by atoms with E-state index in [-0.39, 0.29) is 23.7 Å². The van der Waals surface area contributed by atoms with Gasteiger partial charge in [0, 0.05) is 16.6 Å². The van der Waals surface area contributed by atoms with Gasteiger partial charge in [-0.05, 0) is 153 Å². The Kier molecular flexibility index (Phi) is 11.4. The van der Waals surface area contributed by atoms with Gasteiger partial charge >= 0.3 is 5.97 Å². The number of phenolic OH excluding ortho intramolecular Hbond substituents is 1. The molecule has 0 radical (unpaired) electrons. The number of aromatic hydroxyl groups is 1. The molecule has 5 aliphatic rings. The van der Waals surface area contributed by atoms with Crippen molar-refractivity contribution in [3.05, 3.63) is 123 Å². The smallest absolute Gasteiger partial charge is 0.307 e. The van der Waals surface area contributed by atoms with Crippen molar-refractivity contribution in [3.8, 4) is 5.75 Å². The third-order valence-corrected chi connectivity index (χ3v) is 14.7. The number of benzene rings is 3. The third-order valence-electron chi connectivity index (χ3n) is 14.7. The van der Waals surface area contributed by atoms with E-state index in [1.807, 2.05) is 30.3 Å². The van der Waals surface area contributed by atoms with Crippen LogP contribution in [0.5, 0.6) is 5.75 Å². The number of carbonyl (C=O) groups is 1. The van der Waals surface area contributed by atoms with Crippen LogP contribution in [0.2, 0.25) is 0 Å². The molecule has 1 fully saturated rings. The van der Waals surface area contributed by atoms with Crippen LogP contribution >= 0.6 is 0 Å². The van der Waals surface area contributed by atoms with Crippen molar-refractivity contribution >= 4 is 17.8 Å². The molecule has 0 aromatic heterocycles. The first-order valence-corrected chi connectivity index (χ1v) is 21.5. The molecular formula is C50H61NO4. The number of phenols is 1. The van der Waals surface area contributed by atoms with E-state index in [1.165, 1.54) is 67.2 Å². The highest BCUT2D eigenvalue weighted by atomic mass is 16.4. The van der Waals surface area contributed by atoms with Crippen LogP contribution in [0.1, 0.15) is 118 Å². The molecule has 5 N–H and O–H groups in total. The van der Waals surface area contributed by atoms with Gasteiger partial charge in [-0.2, -0.15) is 0 Å². The Labute approximate surface area is 327 Å². The summed E-state index contributed by atoms with van der Waals surface area (Å²) in [5, 5.41) is 35.3. The lowest BCUT2D eigenvalue weighted by Gasteiger charge is -2.56. The summed E-state index contributed by atoms with van der Waals surface area (Å²) in [6.45, 7) is 0.758. The summed E-state index contributed by atoms with van der Waals surface area (Å²) in [6.07, 6.45) is 26.0. The Hall–Kier alpha value is -4.09. The number of aryl methyl sites for hydroxylation is 1. The second-order valence-electron chi connectivity index (χ2n) is 17.8. The summed E-state index contributed by atoms with van der Waals surface area (Å²) in [7, 11) is 0. The van der Waals surface area contributed by atoms with Crippen LogP contribution in [0.3, 0.4) is 0 Å². The molecule has 5 heteroatoms. The third kappa shape index (κ3) is 7.71. The molecule has 55 heavy (non-hydrogen) atoms. The molecule has 1 saturated carbocycles. The number of rotatable bonds is 11. The van der Waals surface area contributed by atoms with E-state index in [1.54, 1.807) is 5.57 Å². The van der Waals surface area contributed by atoms with Gasteiger partial charge in [-0.25, -0.2) is 0 Å². The van der Waals surface area contributed by atoms with Gasteiger partial charge in [-0.15, -0.1) is 0 Å². The number of carboxylic acids is 1. The first-order valence-electron chi connectivity index (χ1n) is 21.5. The van der Waals surface area contributed by atoms with Gasteiger partial charge in [0.15, 0.2) is 0 Å². The van der Waals surface area contributed by atoms with Crippen LogP contribution in [-0.4, -0.2) is 27.8 Å². The Morgan fingerprint density at radius 2 is 1.64 bits per heavy atom. The van der Waals surface area contributed by atoms with Gasteiger partial charge in [0.05, 0.1) is 5.92 Å². The van der Waals surface area contributed by atoms with E-state index in [2.05, 4.69) is 60.7 Å². The minimum atomic E-state index is -0.717. The van der Waals surface area contributed by atoms with E-state index >= 15 is 0 Å². The Balaban J connectivity index is 1.09. The minimum absolute atomic E-state index is 0.100. The van der Waals surface area contributed by atoms with Crippen molar-refractivity contribution in [1.29, 1.82) is 0 Å². The summed E-state index contributed by atoms with van der Waals surface area (Å²) < 4.78 is 0. The number of aliphatic hydroxyl groups is 1. The molecule has 290 valence electrons. The number of carboxylic acid groups (broad SMARTS) is 1. The molecule has 8 rings (SSSR count). The summed E-state index contributed by atoms with van der Waals surface area (Å²) in [6, 6.07) is 23.1. The van der Waals surface area contributed by atoms with E-state index in [9.17, 15) is 20.1 Å². The van der Waals surface area contributed by atoms with Gasteiger partial charge in [0.25, 0.3) is 0 Å². The number of aliphatic carboxylic acids is 1. The molecule has 2 bridgehead atoms. The largest absolute Gasteiger partial charge is 0.511 e. The predicted molar refractivity (Wildman–Crippen MR) is 222 cm³/mol. The molecule has 5 nitrogen and oxygen atoms in total. The molecule has 0 saturated heterocycles. The normalized spacial score (nSPS) is 30.4.